The van der Waals surface area contributed by atoms with Gasteiger partial charge in [-0.3, -0.25) is 4.99 Å². The van der Waals surface area contributed by atoms with Crippen LogP contribution < -0.4 is 0 Å². The van der Waals surface area contributed by atoms with Crippen LogP contribution in [-0.2, 0) is 11.3 Å². The second kappa shape index (κ2) is 6.22. The molecule has 26 heavy (non-hydrogen) atoms. The maximum atomic E-state index is 13.5. The zero-order valence-electron chi connectivity index (χ0n) is 14.2. The summed E-state index contributed by atoms with van der Waals surface area (Å²) in [4.78, 5) is 4.37. The zero-order valence-corrected chi connectivity index (χ0v) is 15.0. The average Bonchev–Trinajstić information content (AvgIpc) is 3.24. The van der Waals surface area contributed by atoms with Crippen LogP contribution in [0.15, 0.2) is 41.4 Å². The first-order valence-electron chi connectivity index (χ1n) is 8.92. The first-order valence-corrected chi connectivity index (χ1v) is 9.30. The standard InChI is InChI=1S/C21H18ClFN2O/c22-20-18-9-14-11-24-12-15(14)10-19(18)25(17-3-1-16(23)2-4-17)21(20)13-5-7-26-8-6-13/h1-4,9-10,12-13H,5-8,11H2. The van der Waals surface area contributed by atoms with E-state index in [4.69, 9.17) is 16.3 Å². The Labute approximate surface area is 156 Å². The van der Waals surface area contributed by atoms with E-state index in [1.165, 1.54) is 17.7 Å². The molecule has 0 bridgehead atoms. The number of benzene rings is 2. The molecule has 3 heterocycles. The zero-order chi connectivity index (χ0) is 17.7. The molecule has 0 aliphatic carbocycles. The molecule has 2 aromatic carbocycles. The maximum Gasteiger partial charge on any atom is 0.123 e. The third-order valence-corrected chi connectivity index (χ3v) is 5.78. The van der Waals surface area contributed by atoms with Crippen molar-refractivity contribution in [3.05, 3.63) is 64.1 Å². The lowest BCUT2D eigenvalue weighted by atomic mass is 9.96. The minimum atomic E-state index is -0.239. The summed E-state index contributed by atoms with van der Waals surface area (Å²) < 4.78 is 21.2. The van der Waals surface area contributed by atoms with Gasteiger partial charge in [-0.1, -0.05) is 11.6 Å². The van der Waals surface area contributed by atoms with E-state index >= 15 is 0 Å². The first kappa shape index (κ1) is 16.0. The highest BCUT2D eigenvalue weighted by molar-refractivity contribution is 6.36. The summed E-state index contributed by atoms with van der Waals surface area (Å²) in [6, 6.07) is 10.9. The van der Waals surface area contributed by atoms with Crippen LogP contribution in [0.5, 0.6) is 0 Å². The fraction of sp³-hybridized carbons (Fsp3) is 0.286. The van der Waals surface area contributed by atoms with E-state index in [1.54, 1.807) is 0 Å². The molecule has 3 aromatic rings. The van der Waals surface area contributed by atoms with E-state index in [0.29, 0.717) is 12.5 Å². The molecule has 2 aliphatic heterocycles. The molecule has 5 rings (SSSR count). The van der Waals surface area contributed by atoms with Crippen molar-refractivity contribution >= 4 is 28.7 Å². The second-order valence-corrected chi connectivity index (χ2v) is 7.31. The quantitative estimate of drug-likeness (QED) is 0.606. The molecule has 0 N–H and O–H groups in total. The Hall–Kier alpha value is -2.17. The van der Waals surface area contributed by atoms with Gasteiger partial charge in [-0.2, -0.15) is 0 Å². The van der Waals surface area contributed by atoms with Crippen LogP contribution in [-0.4, -0.2) is 24.0 Å². The Kier molecular flexibility index (Phi) is 3.84. The SMILES string of the molecule is Fc1ccc(-n2c(C3CCOCC3)c(Cl)c3cc4c(cc32)C=NC4)cc1. The molecule has 0 amide bonds. The number of hydrogen-bond acceptors (Lipinski definition) is 2. The molecule has 132 valence electrons. The van der Waals surface area contributed by atoms with Crippen molar-refractivity contribution in [2.24, 2.45) is 4.99 Å². The number of ether oxygens (including phenoxy) is 1. The van der Waals surface area contributed by atoms with Gasteiger partial charge < -0.3 is 9.30 Å². The van der Waals surface area contributed by atoms with Gasteiger partial charge in [0, 0.05) is 42.1 Å². The number of halogens is 2. The summed E-state index contributed by atoms with van der Waals surface area (Å²) in [5.41, 5.74) is 5.43. The van der Waals surface area contributed by atoms with Crippen molar-refractivity contribution in [3.8, 4) is 5.69 Å². The molecule has 1 fully saturated rings. The molecule has 1 aromatic heterocycles. The van der Waals surface area contributed by atoms with Crippen LogP contribution in [0.4, 0.5) is 4.39 Å². The summed E-state index contributed by atoms with van der Waals surface area (Å²) in [7, 11) is 0. The highest BCUT2D eigenvalue weighted by Gasteiger charge is 2.27. The Morgan fingerprint density at radius 3 is 2.65 bits per heavy atom. The largest absolute Gasteiger partial charge is 0.381 e. The number of aromatic nitrogens is 1. The molecular weight excluding hydrogens is 351 g/mol. The van der Waals surface area contributed by atoms with Gasteiger partial charge in [0.2, 0.25) is 0 Å². The molecule has 2 aliphatic rings. The van der Waals surface area contributed by atoms with Crippen LogP contribution in [0, 0.1) is 5.82 Å². The van der Waals surface area contributed by atoms with Gasteiger partial charge in [-0.15, -0.1) is 0 Å². The molecule has 3 nitrogen and oxygen atoms in total. The van der Waals surface area contributed by atoms with Crippen molar-refractivity contribution in [2.45, 2.75) is 25.3 Å². The van der Waals surface area contributed by atoms with Gasteiger partial charge in [-0.25, -0.2) is 4.39 Å². The van der Waals surface area contributed by atoms with E-state index in [0.717, 1.165) is 58.9 Å². The lowest BCUT2D eigenvalue weighted by molar-refractivity contribution is 0.0843. The molecule has 0 unspecified atom stereocenters. The van der Waals surface area contributed by atoms with Crippen LogP contribution in [0.1, 0.15) is 35.6 Å². The number of aliphatic imine (C=N–C) groups is 1. The monoisotopic (exact) mass is 368 g/mol. The molecule has 0 spiro atoms. The van der Waals surface area contributed by atoms with Crippen LogP contribution >= 0.6 is 11.6 Å². The Morgan fingerprint density at radius 2 is 1.88 bits per heavy atom. The van der Waals surface area contributed by atoms with Crippen molar-refractivity contribution in [3.63, 3.8) is 0 Å². The summed E-state index contributed by atoms with van der Waals surface area (Å²) in [5.74, 6) is 0.0918. The van der Waals surface area contributed by atoms with Crippen molar-refractivity contribution < 1.29 is 9.13 Å². The normalized spacial score (nSPS) is 17.2. The van der Waals surface area contributed by atoms with Crippen molar-refractivity contribution in [1.82, 2.24) is 4.57 Å². The average molecular weight is 369 g/mol. The maximum absolute atomic E-state index is 13.5. The van der Waals surface area contributed by atoms with Gasteiger partial charge in [0.1, 0.15) is 5.82 Å². The smallest absolute Gasteiger partial charge is 0.123 e. The van der Waals surface area contributed by atoms with E-state index < -0.39 is 0 Å². The van der Waals surface area contributed by atoms with Gasteiger partial charge in [0.15, 0.2) is 0 Å². The fourth-order valence-corrected chi connectivity index (χ4v) is 4.47. The number of hydrogen-bond donors (Lipinski definition) is 0. The first-order chi connectivity index (χ1) is 12.7. The summed E-state index contributed by atoms with van der Waals surface area (Å²) in [5, 5.41) is 1.84. The van der Waals surface area contributed by atoms with Crippen LogP contribution in [0.25, 0.3) is 16.6 Å². The van der Waals surface area contributed by atoms with E-state index in [1.807, 2.05) is 18.3 Å². The highest BCUT2D eigenvalue weighted by Crippen LogP contribution is 2.42. The highest BCUT2D eigenvalue weighted by atomic mass is 35.5. The Morgan fingerprint density at radius 1 is 1.12 bits per heavy atom. The lowest BCUT2D eigenvalue weighted by Gasteiger charge is -2.24. The molecule has 0 radical (unpaired) electrons. The van der Waals surface area contributed by atoms with Gasteiger partial charge in [0.05, 0.1) is 17.1 Å². The molecule has 0 saturated carbocycles. The predicted molar refractivity (Wildman–Crippen MR) is 102 cm³/mol. The number of rotatable bonds is 2. The Balaban J connectivity index is 1.80. The fourth-order valence-electron chi connectivity index (χ4n) is 4.08. The molecular formula is C21H18ClFN2O. The van der Waals surface area contributed by atoms with Gasteiger partial charge in [-0.05, 0) is 60.4 Å². The van der Waals surface area contributed by atoms with Gasteiger partial charge >= 0.3 is 0 Å². The van der Waals surface area contributed by atoms with E-state index in [-0.39, 0.29) is 5.82 Å². The van der Waals surface area contributed by atoms with Crippen molar-refractivity contribution in [2.75, 3.05) is 13.2 Å². The number of nitrogens with zero attached hydrogens (tertiary/aromatic N) is 2. The summed E-state index contributed by atoms with van der Waals surface area (Å²) >= 11 is 6.90. The topological polar surface area (TPSA) is 26.5 Å². The third-order valence-electron chi connectivity index (χ3n) is 5.39. The predicted octanol–water partition coefficient (Wildman–Crippen LogP) is 5.25. The third kappa shape index (κ3) is 2.48. The number of fused-ring (bicyclic) bond motifs is 2. The second-order valence-electron chi connectivity index (χ2n) is 6.94. The molecule has 5 heteroatoms. The summed E-state index contributed by atoms with van der Waals surface area (Å²) in [6.07, 6.45) is 3.80. The Bertz CT molecular complexity index is 1020. The van der Waals surface area contributed by atoms with Gasteiger partial charge in [0.25, 0.3) is 0 Å². The summed E-state index contributed by atoms with van der Waals surface area (Å²) in [6.45, 7) is 2.19. The minimum absolute atomic E-state index is 0.239. The lowest BCUT2D eigenvalue weighted by Crippen LogP contribution is -2.17. The van der Waals surface area contributed by atoms with E-state index in [9.17, 15) is 4.39 Å². The molecule has 1 saturated heterocycles. The van der Waals surface area contributed by atoms with Crippen LogP contribution in [0.3, 0.4) is 0 Å². The van der Waals surface area contributed by atoms with E-state index in [2.05, 4.69) is 21.7 Å². The van der Waals surface area contributed by atoms with Crippen LogP contribution in [0.2, 0.25) is 5.02 Å². The minimum Gasteiger partial charge on any atom is -0.381 e. The molecule has 0 atom stereocenters. The van der Waals surface area contributed by atoms with Crippen molar-refractivity contribution in [1.29, 1.82) is 0 Å².